The average Bonchev–Trinajstić information content (AvgIpc) is 2.78. The number of hydrogen-bond acceptors (Lipinski definition) is 2. The fraction of sp³-hybridized carbons (Fsp3) is 0.308. The smallest absolute Gasteiger partial charge is 0.129 e. The van der Waals surface area contributed by atoms with Gasteiger partial charge in [-0.15, -0.1) is 0 Å². The van der Waals surface area contributed by atoms with E-state index in [0.29, 0.717) is 12.2 Å². The number of benzene rings is 1. The molecule has 0 fully saturated rings. The fourth-order valence-electron chi connectivity index (χ4n) is 1.83. The number of aromatic nitrogens is 2. The van der Waals surface area contributed by atoms with E-state index in [9.17, 15) is 9.50 Å². The lowest BCUT2D eigenvalue weighted by Crippen LogP contribution is -2.11. The Balaban J connectivity index is 2.34. The van der Waals surface area contributed by atoms with Gasteiger partial charge in [-0.2, -0.15) is 5.10 Å². The standard InChI is InChI=1S/C13H15FN2O/c1-2-9-16-12(7-8-15-16)13(17)10-5-3-4-6-11(10)14/h3-8,13,17H,2,9H2,1H3. The molecular weight excluding hydrogens is 219 g/mol. The Bertz CT molecular complexity index is 496. The Morgan fingerprint density at radius 3 is 2.82 bits per heavy atom. The van der Waals surface area contributed by atoms with E-state index < -0.39 is 11.9 Å². The Labute approximate surface area is 99.5 Å². The highest BCUT2D eigenvalue weighted by molar-refractivity contribution is 5.26. The molecule has 0 bridgehead atoms. The summed E-state index contributed by atoms with van der Waals surface area (Å²) in [6, 6.07) is 7.96. The van der Waals surface area contributed by atoms with Crippen LogP contribution < -0.4 is 0 Å². The molecule has 1 heterocycles. The lowest BCUT2D eigenvalue weighted by atomic mass is 10.1. The maximum absolute atomic E-state index is 13.6. The first-order valence-electron chi connectivity index (χ1n) is 5.68. The van der Waals surface area contributed by atoms with E-state index in [0.717, 1.165) is 6.42 Å². The van der Waals surface area contributed by atoms with Crippen LogP contribution in [0.25, 0.3) is 0 Å². The molecule has 0 saturated carbocycles. The van der Waals surface area contributed by atoms with Crippen molar-refractivity contribution in [3.05, 3.63) is 53.6 Å². The van der Waals surface area contributed by atoms with Crippen molar-refractivity contribution in [2.24, 2.45) is 0 Å². The molecule has 0 aliphatic carbocycles. The van der Waals surface area contributed by atoms with Gasteiger partial charge in [-0.3, -0.25) is 4.68 Å². The molecule has 0 aliphatic heterocycles. The second-order valence-electron chi connectivity index (χ2n) is 3.90. The third-order valence-corrected chi connectivity index (χ3v) is 2.66. The van der Waals surface area contributed by atoms with E-state index in [1.807, 2.05) is 6.92 Å². The summed E-state index contributed by atoms with van der Waals surface area (Å²) in [5.74, 6) is -0.399. The van der Waals surface area contributed by atoms with E-state index in [4.69, 9.17) is 0 Å². The van der Waals surface area contributed by atoms with Crippen molar-refractivity contribution in [1.82, 2.24) is 9.78 Å². The zero-order chi connectivity index (χ0) is 12.3. The van der Waals surface area contributed by atoms with Crippen molar-refractivity contribution in [2.45, 2.75) is 26.0 Å². The van der Waals surface area contributed by atoms with Gasteiger partial charge in [-0.1, -0.05) is 25.1 Å². The Morgan fingerprint density at radius 2 is 2.12 bits per heavy atom. The molecule has 1 aromatic carbocycles. The van der Waals surface area contributed by atoms with E-state index in [1.165, 1.54) is 6.07 Å². The Morgan fingerprint density at radius 1 is 1.35 bits per heavy atom. The van der Waals surface area contributed by atoms with Gasteiger partial charge in [-0.05, 0) is 18.6 Å². The number of aryl methyl sites for hydroxylation is 1. The molecule has 0 amide bonds. The highest BCUT2D eigenvalue weighted by Crippen LogP contribution is 2.23. The molecule has 1 N–H and O–H groups in total. The van der Waals surface area contributed by atoms with Gasteiger partial charge < -0.3 is 5.11 Å². The zero-order valence-electron chi connectivity index (χ0n) is 9.68. The highest BCUT2D eigenvalue weighted by Gasteiger charge is 2.17. The molecule has 0 radical (unpaired) electrons. The minimum atomic E-state index is -0.967. The first-order chi connectivity index (χ1) is 8.24. The molecule has 1 atom stereocenters. The minimum absolute atomic E-state index is 0.283. The van der Waals surface area contributed by atoms with Crippen LogP contribution in [0.5, 0.6) is 0 Å². The lowest BCUT2D eigenvalue weighted by molar-refractivity contribution is 0.202. The van der Waals surface area contributed by atoms with Gasteiger partial charge in [0.05, 0.1) is 5.69 Å². The third-order valence-electron chi connectivity index (χ3n) is 2.66. The van der Waals surface area contributed by atoms with E-state index >= 15 is 0 Å². The van der Waals surface area contributed by atoms with Crippen LogP contribution in [0.1, 0.15) is 30.7 Å². The zero-order valence-corrected chi connectivity index (χ0v) is 9.68. The van der Waals surface area contributed by atoms with Gasteiger partial charge in [0.15, 0.2) is 0 Å². The molecule has 90 valence electrons. The number of rotatable bonds is 4. The second-order valence-corrected chi connectivity index (χ2v) is 3.90. The summed E-state index contributed by atoms with van der Waals surface area (Å²) in [5, 5.41) is 14.3. The molecule has 17 heavy (non-hydrogen) atoms. The molecule has 2 rings (SSSR count). The van der Waals surface area contributed by atoms with Crippen LogP contribution in [0, 0.1) is 5.82 Å². The molecule has 0 spiro atoms. The molecule has 3 nitrogen and oxygen atoms in total. The van der Waals surface area contributed by atoms with Crippen molar-refractivity contribution in [3.8, 4) is 0 Å². The summed E-state index contributed by atoms with van der Waals surface area (Å²) in [5.41, 5.74) is 0.905. The van der Waals surface area contributed by atoms with Crippen molar-refractivity contribution < 1.29 is 9.50 Å². The molecule has 2 aromatic rings. The molecular formula is C13H15FN2O. The van der Waals surface area contributed by atoms with Crippen LogP contribution in [0.2, 0.25) is 0 Å². The average molecular weight is 234 g/mol. The van der Waals surface area contributed by atoms with Crippen LogP contribution in [0.15, 0.2) is 36.5 Å². The van der Waals surface area contributed by atoms with Crippen molar-refractivity contribution in [2.75, 3.05) is 0 Å². The fourth-order valence-corrected chi connectivity index (χ4v) is 1.83. The van der Waals surface area contributed by atoms with Gasteiger partial charge in [0.2, 0.25) is 0 Å². The van der Waals surface area contributed by atoms with E-state index in [-0.39, 0.29) is 5.56 Å². The quantitative estimate of drug-likeness (QED) is 0.882. The first-order valence-corrected chi connectivity index (χ1v) is 5.68. The van der Waals surface area contributed by atoms with Gasteiger partial charge >= 0.3 is 0 Å². The summed E-state index contributed by atoms with van der Waals surface area (Å²) in [6.07, 6.45) is 1.57. The van der Waals surface area contributed by atoms with Gasteiger partial charge in [0.25, 0.3) is 0 Å². The summed E-state index contributed by atoms with van der Waals surface area (Å²) in [6.45, 7) is 2.74. The second kappa shape index (κ2) is 5.10. The maximum Gasteiger partial charge on any atom is 0.129 e. The Hall–Kier alpha value is -1.68. The normalized spacial score (nSPS) is 12.6. The van der Waals surface area contributed by atoms with Crippen LogP contribution >= 0.6 is 0 Å². The highest BCUT2D eigenvalue weighted by atomic mass is 19.1. The van der Waals surface area contributed by atoms with Gasteiger partial charge in [-0.25, -0.2) is 4.39 Å². The predicted molar refractivity (Wildman–Crippen MR) is 63.0 cm³/mol. The third kappa shape index (κ3) is 2.36. The van der Waals surface area contributed by atoms with Crippen LogP contribution in [0.4, 0.5) is 4.39 Å². The van der Waals surface area contributed by atoms with E-state index in [2.05, 4.69) is 5.10 Å². The van der Waals surface area contributed by atoms with Gasteiger partial charge in [0, 0.05) is 18.3 Å². The number of halogens is 1. The maximum atomic E-state index is 13.6. The predicted octanol–water partition coefficient (Wildman–Crippen LogP) is 2.51. The largest absolute Gasteiger partial charge is 0.382 e. The number of aliphatic hydroxyl groups is 1. The number of hydrogen-bond donors (Lipinski definition) is 1. The molecule has 0 saturated heterocycles. The van der Waals surface area contributed by atoms with Crippen molar-refractivity contribution in [3.63, 3.8) is 0 Å². The summed E-state index contributed by atoms with van der Waals surface area (Å²) < 4.78 is 15.3. The molecule has 1 aromatic heterocycles. The molecule has 0 aliphatic rings. The van der Waals surface area contributed by atoms with Crippen molar-refractivity contribution in [1.29, 1.82) is 0 Å². The Kier molecular flexibility index (Phi) is 3.54. The molecule has 1 unspecified atom stereocenters. The topological polar surface area (TPSA) is 38.0 Å². The first kappa shape index (κ1) is 11.8. The monoisotopic (exact) mass is 234 g/mol. The molecule has 4 heteroatoms. The number of nitrogens with zero attached hydrogens (tertiary/aromatic N) is 2. The van der Waals surface area contributed by atoms with E-state index in [1.54, 1.807) is 35.1 Å². The van der Waals surface area contributed by atoms with Gasteiger partial charge in [0.1, 0.15) is 11.9 Å². The summed E-state index contributed by atoms with van der Waals surface area (Å²) >= 11 is 0. The number of aliphatic hydroxyl groups excluding tert-OH is 1. The summed E-state index contributed by atoms with van der Waals surface area (Å²) in [4.78, 5) is 0. The SMILES string of the molecule is CCCn1nccc1C(O)c1ccccc1F. The minimum Gasteiger partial charge on any atom is -0.382 e. The van der Waals surface area contributed by atoms with Crippen LogP contribution in [-0.2, 0) is 6.54 Å². The lowest BCUT2D eigenvalue weighted by Gasteiger charge is -2.13. The van der Waals surface area contributed by atoms with Crippen molar-refractivity contribution >= 4 is 0 Å². The van der Waals surface area contributed by atoms with Crippen LogP contribution in [0.3, 0.4) is 0 Å². The summed E-state index contributed by atoms with van der Waals surface area (Å²) in [7, 11) is 0. The van der Waals surface area contributed by atoms with Crippen LogP contribution in [-0.4, -0.2) is 14.9 Å².